The molecule has 1 aromatic carbocycles. The molecule has 5 atom stereocenters. The van der Waals surface area contributed by atoms with Crippen LogP contribution in [0.2, 0.25) is 0 Å². The van der Waals surface area contributed by atoms with E-state index in [1.165, 1.54) is 0 Å². The number of ketones is 2. The summed E-state index contributed by atoms with van der Waals surface area (Å²) >= 11 is 0. The van der Waals surface area contributed by atoms with Gasteiger partial charge in [0.15, 0.2) is 17.1 Å². The molecule has 0 bridgehead atoms. The van der Waals surface area contributed by atoms with E-state index in [4.69, 9.17) is 5.73 Å². The van der Waals surface area contributed by atoms with Gasteiger partial charge in [0, 0.05) is 29.0 Å². The van der Waals surface area contributed by atoms with Gasteiger partial charge in [-0.05, 0) is 38.3 Å². The number of Topliss-reactive ketones (excluding diaryl/α,β-unsaturated/α-hetero) is 2. The second-order valence-corrected chi connectivity index (χ2v) is 10.7. The van der Waals surface area contributed by atoms with Crippen LogP contribution in [-0.4, -0.2) is 74.6 Å². The summed E-state index contributed by atoms with van der Waals surface area (Å²) in [5.74, 6) is -9.53. The number of hydrogen-bond donors (Lipinski definition) is 8. The average Bonchev–Trinajstić information content (AvgIpc) is 2.90. The van der Waals surface area contributed by atoms with Crippen LogP contribution in [0.3, 0.4) is 0 Å². The highest BCUT2D eigenvalue weighted by Gasteiger charge is 2.63. The SMILES string of the molecule is CCCNC1Cc2c(F)c3c(c(O)c2NC1=O)C(O)=C1C(=O)[C@]2(O)C(O)=C(C(N)=O)C(=O)[C@@H](NCC)[C@@H]2C[C@@H]1C3. The van der Waals surface area contributed by atoms with E-state index in [9.17, 15) is 39.6 Å². The summed E-state index contributed by atoms with van der Waals surface area (Å²) in [5, 5.41) is 53.2. The lowest BCUT2D eigenvalue weighted by molar-refractivity contribution is -0.150. The number of phenols is 1. The zero-order chi connectivity index (χ0) is 29.3. The number of benzene rings is 1. The molecule has 4 aliphatic rings. The average molecular weight is 559 g/mol. The van der Waals surface area contributed by atoms with Gasteiger partial charge in [0.1, 0.15) is 22.9 Å². The molecule has 40 heavy (non-hydrogen) atoms. The van der Waals surface area contributed by atoms with Gasteiger partial charge in [-0.1, -0.05) is 13.8 Å². The maximum Gasteiger partial charge on any atom is 0.255 e. The molecule has 1 aliphatic heterocycles. The first kappa shape index (κ1) is 27.7. The van der Waals surface area contributed by atoms with Crippen molar-refractivity contribution in [1.29, 1.82) is 0 Å². The minimum Gasteiger partial charge on any atom is -0.508 e. The number of aromatic hydroxyl groups is 1. The molecule has 1 heterocycles. The predicted molar refractivity (Wildman–Crippen MR) is 139 cm³/mol. The molecule has 12 nitrogen and oxygen atoms in total. The quantitative estimate of drug-likeness (QED) is 0.173. The van der Waals surface area contributed by atoms with Crippen molar-refractivity contribution in [2.45, 2.75) is 57.2 Å². The molecule has 13 heteroatoms. The van der Waals surface area contributed by atoms with Crippen molar-refractivity contribution in [2.24, 2.45) is 17.6 Å². The second-order valence-electron chi connectivity index (χ2n) is 10.7. The van der Waals surface area contributed by atoms with Gasteiger partial charge in [0.25, 0.3) is 5.91 Å². The number of nitrogens with one attached hydrogen (secondary N) is 3. The molecule has 3 aliphatic carbocycles. The summed E-state index contributed by atoms with van der Waals surface area (Å²) in [6.07, 6.45) is 0.347. The van der Waals surface area contributed by atoms with E-state index in [0.717, 1.165) is 6.42 Å². The van der Waals surface area contributed by atoms with Crippen LogP contribution in [0.15, 0.2) is 16.9 Å². The first-order chi connectivity index (χ1) is 18.9. The molecule has 0 aromatic heterocycles. The van der Waals surface area contributed by atoms with Crippen LogP contribution in [0.25, 0.3) is 5.76 Å². The van der Waals surface area contributed by atoms with Gasteiger partial charge in [0.2, 0.25) is 11.7 Å². The van der Waals surface area contributed by atoms with E-state index < -0.39 is 92.7 Å². The third-order valence-electron chi connectivity index (χ3n) is 8.44. The number of phenolic OH excluding ortho intramolecular Hbond substituents is 1. The summed E-state index contributed by atoms with van der Waals surface area (Å²) in [6.45, 7) is 4.29. The highest BCUT2D eigenvalue weighted by molar-refractivity contribution is 6.24. The van der Waals surface area contributed by atoms with Gasteiger partial charge >= 0.3 is 0 Å². The molecular weight excluding hydrogens is 527 g/mol. The third kappa shape index (κ3) is 3.68. The molecule has 1 unspecified atom stereocenters. The molecule has 2 amide bonds. The number of rotatable bonds is 6. The fraction of sp³-hybridized carbons (Fsp3) is 0.481. The Morgan fingerprint density at radius 2 is 1.82 bits per heavy atom. The molecule has 1 aromatic rings. The zero-order valence-electron chi connectivity index (χ0n) is 21.9. The zero-order valence-corrected chi connectivity index (χ0v) is 21.9. The Hall–Kier alpha value is -3.81. The Bertz CT molecular complexity index is 1440. The van der Waals surface area contributed by atoms with Crippen LogP contribution < -0.4 is 21.7 Å². The van der Waals surface area contributed by atoms with Gasteiger partial charge in [-0.2, -0.15) is 0 Å². The molecular formula is C27H31FN4O8. The highest BCUT2D eigenvalue weighted by Crippen LogP contribution is 2.54. The number of anilines is 1. The van der Waals surface area contributed by atoms with Crippen LogP contribution in [0.1, 0.15) is 43.4 Å². The monoisotopic (exact) mass is 558 g/mol. The maximum absolute atomic E-state index is 16.0. The van der Waals surface area contributed by atoms with Gasteiger partial charge < -0.3 is 42.1 Å². The van der Waals surface area contributed by atoms with Crippen molar-refractivity contribution in [3.8, 4) is 5.75 Å². The summed E-state index contributed by atoms with van der Waals surface area (Å²) in [6, 6.07) is -2.01. The number of aliphatic hydroxyl groups is 3. The van der Waals surface area contributed by atoms with E-state index in [0.29, 0.717) is 6.54 Å². The van der Waals surface area contributed by atoms with Crippen LogP contribution in [0, 0.1) is 17.7 Å². The normalized spacial score (nSPS) is 29.4. The Labute approximate surface area is 228 Å². The van der Waals surface area contributed by atoms with Crippen molar-refractivity contribution >= 4 is 34.8 Å². The lowest BCUT2D eigenvalue weighted by Gasteiger charge is -2.49. The summed E-state index contributed by atoms with van der Waals surface area (Å²) < 4.78 is 16.0. The standard InChI is InChI=1S/C27H31FN4O8/c1-3-5-31-13-8-11-17(28)10-6-9-7-12-19(30-4-2)22(35)16(25(29)38)24(37)27(12,40)23(36)14(9)20(33)15(10)21(34)18(11)32-26(13)39/h9,12-13,19,30-31,33-34,37,40H,3-8H2,1-2H3,(H2,29,38)(H,32,39)/t9-,12-,13?,19-,27-/m0/s1. The summed E-state index contributed by atoms with van der Waals surface area (Å²) in [4.78, 5) is 51.6. The maximum atomic E-state index is 16.0. The molecule has 1 saturated carbocycles. The Morgan fingerprint density at radius 3 is 2.45 bits per heavy atom. The van der Waals surface area contributed by atoms with Crippen molar-refractivity contribution in [3.05, 3.63) is 39.4 Å². The lowest BCUT2D eigenvalue weighted by atomic mass is 9.57. The smallest absolute Gasteiger partial charge is 0.255 e. The topological polar surface area (TPSA) is 211 Å². The van der Waals surface area contributed by atoms with Gasteiger partial charge in [0.05, 0.1) is 23.3 Å². The molecule has 5 rings (SSSR count). The van der Waals surface area contributed by atoms with Gasteiger partial charge in [-0.15, -0.1) is 0 Å². The van der Waals surface area contributed by atoms with Crippen LogP contribution >= 0.6 is 0 Å². The first-order valence-electron chi connectivity index (χ1n) is 13.2. The number of halogens is 1. The summed E-state index contributed by atoms with van der Waals surface area (Å²) in [5.41, 5.74) is 0.514. The number of carbonyl (C=O) groups excluding carboxylic acids is 4. The van der Waals surface area contributed by atoms with E-state index >= 15 is 4.39 Å². The first-order valence-corrected chi connectivity index (χ1v) is 13.2. The van der Waals surface area contributed by atoms with Crippen molar-refractivity contribution in [3.63, 3.8) is 0 Å². The number of primary amides is 1. The number of carbonyl (C=O) groups is 4. The lowest BCUT2D eigenvalue weighted by Crippen LogP contribution is -2.66. The molecule has 0 radical (unpaired) electrons. The predicted octanol–water partition coefficient (Wildman–Crippen LogP) is 0.0138. The number of aliphatic hydroxyl groups excluding tert-OH is 2. The van der Waals surface area contributed by atoms with Crippen molar-refractivity contribution < 1.29 is 44.0 Å². The summed E-state index contributed by atoms with van der Waals surface area (Å²) in [7, 11) is 0. The van der Waals surface area contributed by atoms with E-state index in [2.05, 4.69) is 16.0 Å². The Morgan fingerprint density at radius 1 is 1.12 bits per heavy atom. The van der Waals surface area contributed by atoms with Crippen molar-refractivity contribution in [1.82, 2.24) is 10.6 Å². The fourth-order valence-electron chi connectivity index (χ4n) is 6.60. The van der Waals surface area contributed by atoms with E-state index in [1.54, 1.807) is 6.92 Å². The minimum atomic E-state index is -2.79. The van der Waals surface area contributed by atoms with Crippen LogP contribution in [-0.2, 0) is 32.0 Å². The van der Waals surface area contributed by atoms with Gasteiger partial charge in [-0.25, -0.2) is 4.39 Å². The van der Waals surface area contributed by atoms with E-state index in [1.807, 2.05) is 6.92 Å². The Balaban J connectivity index is 1.67. The van der Waals surface area contributed by atoms with Crippen molar-refractivity contribution in [2.75, 3.05) is 18.4 Å². The highest BCUT2D eigenvalue weighted by atomic mass is 19.1. The molecule has 214 valence electrons. The fourth-order valence-corrected chi connectivity index (χ4v) is 6.60. The Kier molecular flexibility index (Phi) is 6.71. The number of fused-ring (bicyclic) bond motifs is 4. The third-order valence-corrected chi connectivity index (χ3v) is 8.44. The molecule has 9 N–H and O–H groups in total. The molecule has 1 fully saturated rings. The number of likely N-dealkylation sites (N-methyl/N-ethyl adjacent to an activating group) is 1. The van der Waals surface area contributed by atoms with Crippen LogP contribution in [0.4, 0.5) is 10.1 Å². The van der Waals surface area contributed by atoms with Crippen LogP contribution in [0.5, 0.6) is 5.75 Å². The number of hydrogen-bond acceptors (Lipinski definition) is 10. The molecule has 0 saturated heterocycles. The van der Waals surface area contributed by atoms with Gasteiger partial charge in [-0.3, -0.25) is 19.2 Å². The minimum absolute atomic E-state index is 0.0457. The number of nitrogens with two attached hydrogens (primary N) is 1. The largest absolute Gasteiger partial charge is 0.508 e. The number of amides is 2. The van der Waals surface area contributed by atoms with E-state index in [-0.39, 0.29) is 42.6 Å². The second kappa shape index (κ2) is 9.68. The molecule has 0 spiro atoms.